The standard InChI is InChI=1S/C24H32N2O5/c1-4-18-7-9-19(10-8-18)31-17-24(27)25-20-15-23(30-6-3)21(16-22(20)29-5-2)26-11-13-28-14-12-26/h7-10,15-16H,4-6,11-14,17H2,1-3H3,(H,25,27). The molecule has 1 aliphatic rings. The van der Waals surface area contributed by atoms with E-state index in [-0.39, 0.29) is 12.5 Å². The lowest BCUT2D eigenvalue weighted by atomic mass is 10.2. The number of benzene rings is 2. The number of carbonyl (C=O) groups is 1. The highest BCUT2D eigenvalue weighted by atomic mass is 16.5. The van der Waals surface area contributed by atoms with Gasteiger partial charge in [0, 0.05) is 25.2 Å². The highest BCUT2D eigenvalue weighted by Gasteiger charge is 2.20. The molecule has 31 heavy (non-hydrogen) atoms. The maximum absolute atomic E-state index is 12.6. The molecule has 0 spiro atoms. The van der Waals surface area contributed by atoms with Crippen LogP contribution in [0.25, 0.3) is 0 Å². The third-order valence-electron chi connectivity index (χ3n) is 4.99. The van der Waals surface area contributed by atoms with E-state index in [1.54, 1.807) is 0 Å². The van der Waals surface area contributed by atoms with Gasteiger partial charge in [0.2, 0.25) is 0 Å². The summed E-state index contributed by atoms with van der Waals surface area (Å²) in [6.07, 6.45) is 0.962. The minimum Gasteiger partial charge on any atom is -0.492 e. The molecule has 0 atom stereocenters. The molecule has 0 unspecified atom stereocenters. The summed E-state index contributed by atoms with van der Waals surface area (Å²) in [5.74, 6) is 1.71. The molecule has 1 heterocycles. The molecule has 1 fully saturated rings. The second-order valence-corrected chi connectivity index (χ2v) is 7.12. The number of rotatable bonds is 10. The first-order valence-electron chi connectivity index (χ1n) is 10.9. The molecule has 2 aromatic carbocycles. The van der Waals surface area contributed by atoms with Crippen LogP contribution in [0.5, 0.6) is 17.2 Å². The van der Waals surface area contributed by atoms with Crippen molar-refractivity contribution < 1.29 is 23.7 Å². The summed E-state index contributed by atoms with van der Waals surface area (Å²) < 4.78 is 22.8. The first kappa shape index (κ1) is 22.7. The minimum absolute atomic E-state index is 0.0911. The molecular formula is C24H32N2O5. The number of aryl methyl sites for hydroxylation is 1. The summed E-state index contributed by atoms with van der Waals surface area (Å²) in [4.78, 5) is 14.8. The Balaban J connectivity index is 1.74. The topological polar surface area (TPSA) is 69.3 Å². The van der Waals surface area contributed by atoms with E-state index < -0.39 is 0 Å². The zero-order chi connectivity index (χ0) is 22.1. The van der Waals surface area contributed by atoms with Crippen molar-refractivity contribution >= 4 is 17.3 Å². The number of hydrogen-bond donors (Lipinski definition) is 1. The van der Waals surface area contributed by atoms with Gasteiger partial charge in [-0.15, -0.1) is 0 Å². The maximum atomic E-state index is 12.6. The molecule has 1 saturated heterocycles. The highest BCUT2D eigenvalue weighted by molar-refractivity contribution is 5.94. The Morgan fingerprint density at radius 1 is 0.968 bits per heavy atom. The van der Waals surface area contributed by atoms with Crippen molar-refractivity contribution in [3.8, 4) is 17.2 Å². The Labute approximate surface area is 184 Å². The van der Waals surface area contributed by atoms with E-state index in [1.807, 2.05) is 50.2 Å². The molecule has 0 aliphatic carbocycles. The Hall–Kier alpha value is -2.93. The van der Waals surface area contributed by atoms with Gasteiger partial charge in [-0.2, -0.15) is 0 Å². The molecule has 1 aliphatic heterocycles. The van der Waals surface area contributed by atoms with E-state index in [2.05, 4.69) is 17.1 Å². The number of morpholine rings is 1. The fourth-order valence-corrected chi connectivity index (χ4v) is 3.40. The summed E-state index contributed by atoms with van der Waals surface area (Å²) in [5.41, 5.74) is 2.73. The van der Waals surface area contributed by atoms with E-state index in [0.717, 1.165) is 25.2 Å². The molecule has 7 nitrogen and oxygen atoms in total. The molecule has 0 bridgehead atoms. The van der Waals surface area contributed by atoms with E-state index in [9.17, 15) is 4.79 Å². The van der Waals surface area contributed by atoms with Crippen molar-refractivity contribution in [2.24, 2.45) is 0 Å². The molecule has 1 amide bonds. The van der Waals surface area contributed by atoms with Crippen LogP contribution in [-0.2, 0) is 16.0 Å². The lowest BCUT2D eigenvalue weighted by molar-refractivity contribution is -0.118. The van der Waals surface area contributed by atoms with Gasteiger partial charge in [0.25, 0.3) is 5.91 Å². The Morgan fingerprint density at radius 3 is 2.29 bits per heavy atom. The van der Waals surface area contributed by atoms with Gasteiger partial charge < -0.3 is 29.2 Å². The minimum atomic E-state index is -0.262. The largest absolute Gasteiger partial charge is 0.492 e. The Kier molecular flexibility index (Phi) is 8.41. The molecule has 3 rings (SSSR count). The highest BCUT2D eigenvalue weighted by Crippen LogP contribution is 2.39. The SMILES string of the molecule is CCOc1cc(N2CCOCC2)c(OCC)cc1NC(=O)COc1ccc(CC)cc1. The lowest BCUT2D eigenvalue weighted by Crippen LogP contribution is -2.36. The second-order valence-electron chi connectivity index (χ2n) is 7.12. The number of hydrogen-bond acceptors (Lipinski definition) is 6. The number of ether oxygens (including phenoxy) is 4. The normalized spacial score (nSPS) is 13.6. The molecular weight excluding hydrogens is 396 g/mol. The van der Waals surface area contributed by atoms with Crippen LogP contribution in [0.4, 0.5) is 11.4 Å². The summed E-state index contributed by atoms with van der Waals surface area (Å²) >= 11 is 0. The Morgan fingerprint density at radius 2 is 1.65 bits per heavy atom. The maximum Gasteiger partial charge on any atom is 0.262 e. The molecule has 7 heteroatoms. The van der Waals surface area contributed by atoms with Crippen molar-refractivity contribution in [3.63, 3.8) is 0 Å². The molecule has 2 aromatic rings. The zero-order valence-electron chi connectivity index (χ0n) is 18.6. The second kappa shape index (κ2) is 11.5. The van der Waals surface area contributed by atoms with E-state index in [4.69, 9.17) is 18.9 Å². The van der Waals surface area contributed by atoms with E-state index >= 15 is 0 Å². The summed E-state index contributed by atoms with van der Waals surface area (Å²) in [5, 5.41) is 2.90. The predicted molar refractivity (Wildman–Crippen MR) is 122 cm³/mol. The molecule has 0 saturated carbocycles. The van der Waals surface area contributed by atoms with Gasteiger partial charge in [-0.25, -0.2) is 0 Å². The van der Waals surface area contributed by atoms with Crippen molar-refractivity contribution in [2.75, 3.05) is 56.3 Å². The van der Waals surface area contributed by atoms with Gasteiger partial charge in [0.1, 0.15) is 17.2 Å². The van der Waals surface area contributed by atoms with Crippen LogP contribution in [0.1, 0.15) is 26.3 Å². The third-order valence-corrected chi connectivity index (χ3v) is 4.99. The predicted octanol–water partition coefficient (Wildman–Crippen LogP) is 3.90. The number of nitrogens with zero attached hydrogens (tertiary/aromatic N) is 1. The van der Waals surface area contributed by atoms with Crippen LogP contribution < -0.4 is 24.4 Å². The average Bonchev–Trinajstić information content (AvgIpc) is 2.80. The lowest BCUT2D eigenvalue weighted by Gasteiger charge is -2.31. The smallest absolute Gasteiger partial charge is 0.262 e. The molecule has 1 N–H and O–H groups in total. The van der Waals surface area contributed by atoms with Gasteiger partial charge in [-0.1, -0.05) is 19.1 Å². The van der Waals surface area contributed by atoms with Crippen LogP contribution in [-0.4, -0.2) is 52.0 Å². The zero-order valence-corrected chi connectivity index (χ0v) is 18.6. The number of anilines is 2. The average molecular weight is 429 g/mol. The third kappa shape index (κ3) is 6.28. The fraction of sp³-hybridized carbons (Fsp3) is 0.458. The van der Waals surface area contributed by atoms with Crippen molar-refractivity contribution in [1.29, 1.82) is 0 Å². The van der Waals surface area contributed by atoms with Gasteiger partial charge in [0.15, 0.2) is 6.61 Å². The summed E-state index contributed by atoms with van der Waals surface area (Å²) in [6, 6.07) is 11.5. The van der Waals surface area contributed by atoms with Crippen LogP contribution in [0.3, 0.4) is 0 Å². The molecule has 0 radical (unpaired) electrons. The molecule has 0 aromatic heterocycles. The van der Waals surface area contributed by atoms with Crippen molar-refractivity contribution in [2.45, 2.75) is 27.2 Å². The summed E-state index contributed by atoms with van der Waals surface area (Å²) in [6.45, 7) is 9.77. The molecule has 168 valence electrons. The van der Waals surface area contributed by atoms with E-state index in [1.165, 1.54) is 5.56 Å². The van der Waals surface area contributed by atoms with Crippen LogP contribution in [0, 0.1) is 0 Å². The van der Waals surface area contributed by atoms with Gasteiger partial charge in [-0.3, -0.25) is 4.79 Å². The van der Waals surface area contributed by atoms with Crippen molar-refractivity contribution in [1.82, 2.24) is 0 Å². The Bertz CT molecular complexity index is 848. The number of amides is 1. The summed E-state index contributed by atoms with van der Waals surface area (Å²) in [7, 11) is 0. The van der Waals surface area contributed by atoms with E-state index in [0.29, 0.717) is 49.4 Å². The van der Waals surface area contributed by atoms with Crippen LogP contribution in [0.15, 0.2) is 36.4 Å². The first-order chi connectivity index (χ1) is 15.1. The van der Waals surface area contributed by atoms with Gasteiger partial charge in [-0.05, 0) is 38.0 Å². The van der Waals surface area contributed by atoms with Gasteiger partial charge >= 0.3 is 0 Å². The van der Waals surface area contributed by atoms with Crippen LogP contribution in [0.2, 0.25) is 0 Å². The first-order valence-corrected chi connectivity index (χ1v) is 10.9. The fourth-order valence-electron chi connectivity index (χ4n) is 3.40. The van der Waals surface area contributed by atoms with Crippen LogP contribution >= 0.6 is 0 Å². The quantitative estimate of drug-likeness (QED) is 0.619. The van der Waals surface area contributed by atoms with Gasteiger partial charge in [0.05, 0.1) is 37.8 Å². The number of carbonyl (C=O) groups excluding carboxylic acids is 1. The number of nitrogens with one attached hydrogen (secondary N) is 1. The van der Waals surface area contributed by atoms with Crippen molar-refractivity contribution in [3.05, 3.63) is 42.0 Å². The monoisotopic (exact) mass is 428 g/mol.